The van der Waals surface area contributed by atoms with Crippen molar-refractivity contribution in [1.29, 1.82) is 0 Å². The molecule has 0 aliphatic heterocycles. The molecule has 2 aromatic rings. The van der Waals surface area contributed by atoms with Gasteiger partial charge in [-0.2, -0.15) is 0 Å². The molecule has 0 unspecified atom stereocenters. The van der Waals surface area contributed by atoms with Gasteiger partial charge in [0.15, 0.2) is 6.29 Å². The summed E-state index contributed by atoms with van der Waals surface area (Å²) in [7, 11) is 0. The molecule has 0 amide bonds. The Labute approximate surface area is 105 Å². The Bertz CT molecular complexity index is 509. The molecule has 0 saturated carbocycles. The second-order valence-corrected chi connectivity index (χ2v) is 3.93. The van der Waals surface area contributed by atoms with Gasteiger partial charge in [-0.25, -0.2) is 0 Å². The van der Waals surface area contributed by atoms with Crippen molar-refractivity contribution >= 4 is 17.9 Å². The van der Waals surface area contributed by atoms with Gasteiger partial charge in [0, 0.05) is 5.56 Å². The van der Waals surface area contributed by atoms with E-state index < -0.39 is 0 Å². The number of carbonyl (C=O) groups is 1. The number of rotatable bonds is 4. The summed E-state index contributed by atoms with van der Waals surface area (Å²) >= 11 is 6.02. The fraction of sp³-hybridized carbons (Fsp3) is 0.0714. The maximum absolute atomic E-state index is 10.7. The van der Waals surface area contributed by atoms with Crippen LogP contribution in [0.3, 0.4) is 0 Å². The SMILES string of the molecule is O=Cc1cccc(OCc2ccccc2)c1Cl. The Morgan fingerprint density at radius 2 is 1.82 bits per heavy atom. The highest BCUT2D eigenvalue weighted by Gasteiger charge is 2.06. The van der Waals surface area contributed by atoms with Crippen LogP contribution < -0.4 is 4.74 Å². The third kappa shape index (κ3) is 2.86. The van der Waals surface area contributed by atoms with Crippen molar-refractivity contribution in [2.45, 2.75) is 6.61 Å². The van der Waals surface area contributed by atoms with E-state index >= 15 is 0 Å². The minimum Gasteiger partial charge on any atom is -0.487 e. The zero-order chi connectivity index (χ0) is 12.1. The maximum atomic E-state index is 10.7. The first kappa shape index (κ1) is 11.7. The van der Waals surface area contributed by atoms with Crippen molar-refractivity contribution in [1.82, 2.24) is 0 Å². The van der Waals surface area contributed by atoms with E-state index in [4.69, 9.17) is 16.3 Å². The molecule has 0 aromatic heterocycles. The Kier molecular flexibility index (Phi) is 3.78. The van der Waals surface area contributed by atoms with Crippen molar-refractivity contribution < 1.29 is 9.53 Å². The normalized spacial score (nSPS) is 9.94. The average Bonchev–Trinajstić information content (AvgIpc) is 2.39. The molecule has 0 aliphatic rings. The molecule has 0 aliphatic carbocycles. The van der Waals surface area contributed by atoms with Gasteiger partial charge < -0.3 is 4.74 Å². The lowest BCUT2D eigenvalue weighted by molar-refractivity contribution is 0.112. The van der Waals surface area contributed by atoms with Gasteiger partial charge in [0.25, 0.3) is 0 Å². The molecule has 0 heterocycles. The van der Waals surface area contributed by atoms with Gasteiger partial charge in [-0.15, -0.1) is 0 Å². The fourth-order valence-corrected chi connectivity index (χ4v) is 1.69. The predicted octanol–water partition coefficient (Wildman–Crippen LogP) is 3.73. The zero-order valence-corrected chi connectivity index (χ0v) is 9.85. The lowest BCUT2D eigenvalue weighted by Crippen LogP contribution is -1.96. The van der Waals surface area contributed by atoms with Crippen molar-refractivity contribution in [2.75, 3.05) is 0 Å². The molecule has 2 aromatic carbocycles. The molecule has 0 N–H and O–H groups in total. The third-order valence-corrected chi connectivity index (χ3v) is 2.76. The number of hydrogen-bond acceptors (Lipinski definition) is 2. The zero-order valence-electron chi connectivity index (χ0n) is 9.10. The number of benzene rings is 2. The van der Waals surface area contributed by atoms with Gasteiger partial charge >= 0.3 is 0 Å². The number of aldehydes is 1. The standard InChI is InChI=1S/C14H11ClO2/c15-14-12(9-16)7-4-8-13(14)17-10-11-5-2-1-3-6-11/h1-9H,10H2. The Hall–Kier alpha value is -1.80. The molecule has 0 radical (unpaired) electrons. The minimum atomic E-state index is 0.360. The van der Waals surface area contributed by atoms with E-state index in [-0.39, 0.29) is 0 Å². The molecule has 86 valence electrons. The van der Waals surface area contributed by atoms with Crippen molar-refractivity contribution in [3.05, 3.63) is 64.7 Å². The van der Waals surface area contributed by atoms with Crippen LogP contribution in [-0.4, -0.2) is 6.29 Å². The van der Waals surface area contributed by atoms with Gasteiger partial charge in [0.2, 0.25) is 0 Å². The first-order valence-electron chi connectivity index (χ1n) is 5.21. The molecular formula is C14H11ClO2. The van der Waals surface area contributed by atoms with Crippen LogP contribution in [0.25, 0.3) is 0 Å². The largest absolute Gasteiger partial charge is 0.487 e. The van der Waals surface area contributed by atoms with Crippen molar-refractivity contribution in [2.24, 2.45) is 0 Å². The van der Waals surface area contributed by atoms with E-state index in [1.807, 2.05) is 30.3 Å². The molecular weight excluding hydrogens is 236 g/mol. The molecule has 2 nitrogen and oxygen atoms in total. The van der Waals surface area contributed by atoms with Crippen LogP contribution in [0.4, 0.5) is 0 Å². The van der Waals surface area contributed by atoms with Crippen LogP contribution in [0.2, 0.25) is 5.02 Å². The Morgan fingerprint density at radius 3 is 2.53 bits per heavy atom. The lowest BCUT2D eigenvalue weighted by Gasteiger charge is -2.08. The Balaban J connectivity index is 2.12. The molecule has 0 saturated heterocycles. The highest BCUT2D eigenvalue weighted by Crippen LogP contribution is 2.27. The molecule has 2 rings (SSSR count). The summed E-state index contributed by atoms with van der Waals surface area (Å²) in [6.07, 6.45) is 0.720. The maximum Gasteiger partial charge on any atom is 0.151 e. The van der Waals surface area contributed by atoms with Gasteiger partial charge in [-0.05, 0) is 17.7 Å². The molecule has 0 bridgehead atoms. The molecule has 17 heavy (non-hydrogen) atoms. The number of hydrogen-bond donors (Lipinski definition) is 0. The molecule has 0 atom stereocenters. The van der Waals surface area contributed by atoms with Crippen LogP contribution in [0.15, 0.2) is 48.5 Å². The lowest BCUT2D eigenvalue weighted by atomic mass is 10.2. The highest BCUT2D eigenvalue weighted by atomic mass is 35.5. The van der Waals surface area contributed by atoms with Gasteiger partial charge in [-0.1, -0.05) is 48.0 Å². The first-order chi connectivity index (χ1) is 8.31. The summed E-state index contributed by atoms with van der Waals surface area (Å²) in [5, 5.41) is 0.360. The number of halogens is 1. The summed E-state index contributed by atoms with van der Waals surface area (Å²) in [6.45, 7) is 0.433. The van der Waals surface area contributed by atoms with Crippen LogP contribution in [0.1, 0.15) is 15.9 Å². The third-order valence-electron chi connectivity index (χ3n) is 2.36. The summed E-state index contributed by atoms with van der Waals surface area (Å²) < 4.78 is 5.57. The Morgan fingerprint density at radius 1 is 1.06 bits per heavy atom. The second kappa shape index (κ2) is 5.51. The second-order valence-electron chi connectivity index (χ2n) is 3.55. The average molecular weight is 247 g/mol. The minimum absolute atomic E-state index is 0.360. The summed E-state index contributed by atoms with van der Waals surface area (Å²) in [5.74, 6) is 0.528. The number of carbonyl (C=O) groups excluding carboxylic acids is 1. The molecule has 0 fully saturated rings. The van der Waals surface area contributed by atoms with E-state index in [9.17, 15) is 4.79 Å². The van der Waals surface area contributed by atoms with Crippen LogP contribution in [0.5, 0.6) is 5.75 Å². The van der Waals surface area contributed by atoms with E-state index in [0.717, 1.165) is 11.8 Å². The van der Waals surface area contributed by atoms with Crippen LogP contribution in [-0.2, 0) is 6.61 Å². The van der Waals surface area contributed by atoms with E-state index in [0.29, 0.717) is 22.9 Å². The smallest absolute Gasteiger partial charge is 0.151 e. The van der Waals surface area contributed by atoms with E-state index in [1.165, 1.54) is 0 Å². The summed E-state index contributed by atoms with van der Waals surface area (Å²) in [4.78, 5) is 10.7. The first-order valence-corrected chi connectivity index (χ1v) is 5.59. The van der Waals surface area contributed by atoms with Gasteiger partial charge in [0.05, 0.1) is 5.02 Å². The van der Waals surface area contributed by atoms with Crippen LogP contribution >= 0.6 is 11.6 Å². The highest BCUT2D eigenvalue weighted by molar-refractivity contribution is 6.34. The van der Waals surface area contributed by atoms with Crippen molar-refractivity contribution in [3.8, 4) is 5.75 Å². The predicted molar refractivity (Wildman–Crippen MR) is 67.6 cm³/mol. The topological polar surface area (TPSA) is 26.3 Å². The number of ether oxygens (including phenoxy) is 1. The van der Waals surface area contributed by atoms with Gasteiger partial charge in [0.1, 0.15) is 12.4 Å². The quantitative estimate of drug-likeness (QED) is 0.769. The summed E-state index contributed by atoms with van der Waals surface area (Å²) in [6, 6.07) is 14.9. The molecule has 0 spiro atoms. The van der Waals surface area contributed by atoms with Gasteiger partial charge in [-0.3, -0.25) is 4.79 Å². The van der Waals surface area contributed by atoms with Crippen molar-refractivity contribution in [3.63, 3.8) is 0 Å². The van der Waals surface area contributed by atoms with E-state index in [2.05, 4.69) is 0 Å². The summed E-state index contributed by atoms with van der Waals surface area (Å²) in [5.41, 5.74) is 1.50. The van der Waals surface area contributed by atoms with E-state index in [1.54, 1.807) is 18.2 Å². The fourth-order valence-electron chi connectivity index (χ4n) is 1.47. The molecule has 3 heteroatoms. The monoisotopic (exact) mass is 246 g/mol. The van der Waals surface area contributed by atoms with Crippen LogP contribution in [0, 0.1) is 0 Å².